The van der Waals surface area contributed by atoms with Crippen LogP contribution in [0.3, 0.4) is 0 Å². The number of fused-ring (bicyclic) bond motifs is 1. The maximum Gasteiger partial charge on any atom is 0.193 e. The molecule has 0 radical (unpaired) electrons. The van der Waals surface area contributed by atoms with Gasteiger partial charge in [0.15, 0.2) is 5.96 Å². The van der Waals surface area contributed by atoms with Gasteiger partial charge in [0.2, 0.25) is 0 Å². The Balaban J connectivity index is 0.00000289. The molecular weight excluding hydrogens is 515 g/mol. The highest BCUT2D eigenvalue weighted by molar-refractivity contribution is 14.0. The van der Waals surface area contributed by atoms with Crippen molar-refractivity contribution in [3.63, 3.8) is 0 Å². The highest BCUT2D eigenvalue weighted by Crippen LogP contribution is 2.19. The Morgan fingerprint density at radius 3 is 2.69 bits per heavy atom. The van der Waals surface area contributed by atoms with Crippen molar-refractivity contribution in [3.8, 4) is 0 Å². The normalized spacial score (nSPS) is 22.8. The van der Waals surface area contributed by atoms with Crippen LogP contribution in [0.4, 0.5) is 0 Å². The molecule has 180 valence electrons. The first-order chi connectivity index (χ1) is 15.3. The van der Waals surface area contributed by atoms with E-state index in [1.165, 1.54) is 36.9 Å². The topological polar surface area (TPSA) is 49.3 Å². The van der Waals surface area contributed by atoms with Gasteiger partial charge >= 0.3 is 0 Å². The lowest BCUT2D eigenvalue weighted by molar-refractivity contribution is -0.0721. The van der Waals surface area contributed by atoms with Crippen LogP contribution in [-0.2, 0) is 22.4 Å². The van der Waals surface area contributed by atoms with Crippen molar-refractivity contribution >= 4 is 29.9 Å². The van der Waals surface area contributed by atoms with Crippen molar-refractivity contribution < 1.29 is 9.47 Å². The van der Waals surface area contributed by atoms with Gasteiger partial charge < -0.3 is 19.7 Å². The monoisotopic (exact) mass is 556 g/mol. The van der Waals surface area contributed by atoms with Crippen molar-refractivity contribution in [3.05, 3.63) is 35.4 Å². The van der Waals surface area contributed by atoms with Crippen LogP contribution in [0.25, 0.3) is 0 Å². The van der Waals surface area contributed by atoms with Crippen LogP contribution in [-0.4, -0.2) is 81.0 Å². The van der Waals surface area contributed by atoms with Crippen molar-refractivity contribution in [1.29, 1.82) is 0 Å². The number of ether oxygens (including phenoxy) is 2. The number of likely N-dealkylation sites (tertiary alicyclic amines) is 1. The number of nitrogens with one attached hydrogen (secondary N) is 1. The van der Waals surface area contributed by atoms with Crippen molar-refractivity contribution in [2.45, 2.75) is 63.7 Å². The third-order valence-corrected chi connectivity index (χ3v) is 6.89. The van der Waals surface area contributed by atoms with Crippen molar-refractivity contribution in [2.24, 2.45) is 4.99 Å². The van der Waals surface area contributed by atoms with E-state index in [-0.39, 0.29) is 24.0 Å². The van der Waals surface area contributed by atoms with E-state index >= 15 is 0 Å². The molecule has 6 nitrogen and oxygen atoms in total. The van der Waals surface area contributed by atoms with Gasteiger partial charge in [0.05, 0.1) is 18.8 Å². The molecule has 2 fully saturated rings. The second kappa shape index (κ2) is 13.7. The van der Waals surface area contributed by atoms with Gasteiger partial charge in [-0.25, -0.2) is 0 Å². The van der Waals surface area contributed by atoms with Crippen LogP contribution in [0.15, 0.2) is 29.3 Å². The minimum atomic E-state index is 0. The number of hydrogen-bond donors (Lipinski definition) is 1. The summed E-state index contributed by atoms with van der Waals surface area (Å²) in [7, 11) is 1.90. The fourth-order valence-corrected chi connectivity index (χ4v) is 5.00. The van der Waals surface area contributed by atoms with Crippen LogP contribution in [0.1, 0.15) is 49.7 Å². The lowest BCUT2D eigenvalue weighted by Crippen LogP contribution is -2.47. The number of benzene rings is 1. The molecule has 1 unspecified atom stereocenters. The van der Waals surface area contributed by atoms with E-state index in [0.717, 1.165) is 77.6 Å². The number of rotatable bonds is 7. The van der Waals surface area contributed by atoms with Gasteiger partial charge in [-0.1, -0.05) is 24.3 Å². The Morgan fingerprint density at radius 1 is 1.12 bits per heavy atom. The zero-order valence-electron chi connectivity index (χ0n) is 19.6. The Kier molecular flexibility index (Phi) is 11.0. The smallest absolute Gasteiger partial charge is 0.193 e. The first-order valence-electron chi connectivity index (χ1n) is 12.3. The third kappa shape index (κ3) is 7.57. The molecule has 0 saturated carbocycles. The fourth-order valence-electron chi connectivity index (χ4n) is 5.00. The number of hydrogen-bond acceptors (Lipinski definition) is 4. The van der Waals surface area contributed by atoms with E-state index in [4.69, 9.17) is 9.47 Å². The molecule has 0 amide bonds. The summed E-state index contributed by atoms with van der Waals surface area (Å²) in [6.45, 7) is 8.06. The molecule has 7 heteroatoms. The fraction of sp³-hybridized carbons (Fsp3) is 0.720. The van der Waals surface area contributed by atoms with E-state index in [9.17, 15) is 0 Å². The molecule has 0 aromatic heterocycles. The van der Waals surface area contributed by atoms with Crippen LogP contribution < -0.4 is 5.32 Å². The van der Waals surface area contributed by atoms with E-state index in [2.05, 4.69) is 44.4 Å². The number of aliphatic imine (C=N–C) groups is 1. The Labute approximate surface area is 211 Å². The van der Waals surface area contributed by atoms with E-state index in [1.54, 1.807) is 0 Å². The van der Waals surface area contributed by atoms with Gasteiger partial charge in [-0.05, 0) is 56.1 Å². The zero-order valence-corrected chi connectivity index (χ0v) is 22.0. The molecule has 0 bridgehead atoms. The minimum absolute atomic E-state index is 0. The lowest BCUT2D eigenvalue weighted by Gasteiger charge is -2.35. The molecule has 1 N–H and O–H groups in total. The number of piperidine rings is 1. The molecule has 1 aromatic rings. The quantitative estimate of drug-likeness (QED) is 0.241. The van der Waals surface area contributed by atoms with Crippen molar-refractivity contribution in [1.82, 2.24) is 15.1 Å². The SMILES string of the molecule is CN=C(NCCCN1CCc2ccccc2C1)N1CCC(OCC2CCCCO2)CC1.I. The number of guanidine groups is 1. The van der Waals surface area contributed by atoms with Crippen molar-refractivity contribution in [2.75, 3.05) is 53.0 Å². The summed E-state index contributed by atoms with van der Waals surface area (Å²) in [6.07, 6.45) is 8.76. The average Bonchev–Trinajstić information content (AvgIpc) is 2.84. The van der Waals surface area contributed by atoms with E-state index in [0.29, 0.717) is 12.2 Å². The summed E-state index contributed by atoms with van der Waals surface area (Å²) in [6, 6.07) is 8.86. The summed E-state index contributed by atoms with van der Waals surface area (Å²) >= 11 is 0. The number of nitrogens with zero attached hydrogens (tertiary/aromatic N) is 3. The first-order valence-corrected chi connectivity index (χ1v) is 12.3. The summed E-state index contributed by atoms with van der Waals surface area (Å²) < 4.78 is 12.0. The second-order valence-electron chi connectivity index (χ2n) is 9.13. The first kappa shape index (κ1) is 25.7. The van der Waals surface area contributed by atoms with Gasteiger partial charge in [0.25, 0.3) is 0 Å². The predicted molar refractivity (Wildman–Crippen MR) is 141 cm³/mol. The molecule has 3 aliphatic rings. The summed E-state index contributed by atoms with van der Waals surface area (Å²) in [5, 5.41) is 3.58. The molecule has 32 heavy (non-hydrogen) atoms. The van der Waals surface area contributed by atoms with Gasteiger partial charge in [-0.15, -0.1) is 24.0 Å². The van der Waals surface area contributed by atoms with Crippen LogP contribution in [0, 0.1) is 0 Å². The van der Waals surface area contributed by atoms with Gasteiger partial charge in [-0.2, -0.15) is 0 Å². The van der Waals surface area contributed by atoms with E-state index in [1.807, 2.05) is 7.05 Å². The van der Waals surface area contributed by atoms with Gasteiger partial charge in [-0.3, -0.25) is 9.89 Å². The third-order valence-electron chi connectivity index (χ3n) is 6.89. The standard InChI is InChI=1S/C25H40N4O2.HI/c1-26-25(27-13-6-14-28-15-10-21-7-2-3-8-22(21)19-28)29-16-11-23(12-17-29)31-20-24-9-4-5-18-30-24;/h2-3,7-8,23-24H,4-6,9-20H2,1H3,(H,26,27);1H. The predicted octanol–water partition coefficient (Wildman–Crippen LogP) is 3.68. The molecule has 1 atom stereocenters. The molecule has 2 saturated heterocycles. The molecule has 3 heterocycles. The van der Waals surface area contributed by atoms with Gasteiger partial charge in [0, 0.05) is 52.9 Å². The highest BCUT2D eigenvalue weighted by Gasteiger charge is 2.24. The van der Waals surface area contributed by atoms with Crippen LogP contribution in [0.2, 0.25) is 0 Å². The van der Waals surface area contributed by atoms with Crippen LogP contribution in [0.5, 0.6) is 0 Å². The molecule has 4 rings (SSSR count). The Bertz CT molecular complexity index is 703. The Hall–Kier alpha value is -0.900. The summed E-state index contributed by atoms with van der Waals surface area (Å²) in [5.41, 5.74) is 3.02. The molecule has 1 aromatic carbocycles. The van der Waals surface area contributed by atoms with E-state index < -0.39 is 0 Å². The molecule has 0 spiro atoms. The highest BCUT2D eigenvalue weighted by atomic mass is 127. The lowest BCUT2D eigenvalue weighted by atomic mass is 10.00. The maximum absolute atomic E-state index is 6.16. The largest absolute Gasteiger partial charge is 0.376 e. The summed E-state index contributed by atoms with van der Waals surface area (Å²) in [4.78, 5) is 9.49. The second-order valence-corrected chi connectivity index (χ2v) is 9.13. The Morgan fingerprint density at radius 2 is 1.94 bits per heavy atom. The van der Waals surface area contributed by atoms with Crippen LogP contribution >= 0.6 is 24.0 Å². The average molecular weight is 557 g/mol. The molecule has 3 aliphatic heterocycles. The summed E-state index contributed by atoms with van der Waals surface area (Å²) in [5.74, 6) is 1.04. The maximum atomic E-state index is 6.16. The number of halogens is 1. The molecule has 0 aliphatic carbocycles. The zero-order chi connectivity index (χ0) is 21.3. The minimum Gasteiger partial charge on any atom is -0.376 e. The van der Waals surface area contributed by atoms with Gasteiger partial charge in [0.1, 0.15) is 0 Å². The molecular formula is C25H41IN4O2.